The molecule has 0 fully saturated rings. The van der Waals surface area contributed by atoms with Gasteiger partial charge in [0.25, 0.3) is 0 Å². The smallest absolute Gasteiger partial charge is 0.134 e. The fourth-order valence-electron chi connectivity index (χ4n) is 2.30. The van der Waals surface area contributed by atoms with Crippen molar-refractivity contribution in [3.8, 4) is 22.5 Å². The molecule has 0 aliphatic heterocycles. The lowest BCUT2D eigenvalue weighted by Crippen LogP contribution is -1.81. The topological polar surface area (TPSA) is 13.1 Å². The molecule has 0 unspecified atom stereocenters. The maximum Gasteiger partial charge on any atom is 0.134 e. The van der Waals surface area contributed by atoms with Crippen LogP contribution in [0.15, 0.2) is 71.1 Å². The Hall–Kier alpha value is -2.28. The van der Waals surface area contributed by atoms with Crippen LogP contribution in [0.5, 0.6) is 0 Å². The average Bonchev–Trinajstić information content (AvgIpc) is 2.98. The Kier molecular flexibility index (Phi) is 3.42. The molecule has 0 saturated carbocycles. The maximum absolute atomic E-state index is 5.92. The minimum absolute atomic E-state index is 0.418. The van der Waals surface area contributed by atoms with Gasteiger partial charge in [-0.2, -0.15) is 0 Å². The summed E-state index contributed by atoms with van der Waals surface area (Å²) in [5, 5.41) is 0. The molecule has 0 radical (unpaired) electrons. The highest BCUT2D eigenvalue weighted by Crippen LogP contribution is 2.29. The summed E-state index contributed by atoms with van der Waals surface area (Å²) in [6.45, 7) is 4.28. The van der Waals surface area contributed by atoms with Crippen LogP contribution in [0.1, 0.15) is 25.5 Å². The van der Waals surface area contributed by atoms with Crippen LogP contribution < -0.4 is 0 Å². The Labute approximate surface area is 119 Å². The van der Waals surface area contributed by atoms with E-state index in [0.717, 1.165) is 17.1 Å². The van der Waals surface area contributed by atoms with Crippen molar-refractivity contribution in [1.82, 2.24) is 0 Å². The van der Waals surface area contributed by atoms with Gasteiger partial charge in [0.2, 0.25) is 0 Å². The predicted molar refractivity (Wildman–Crippen MR) is 83.7 cm³/mol. The number of furan rings is 1. The third kappa shape index (κ3) is 2.53. The highest BCUT2D eigenvalue weighted by molar-refractivity contribution is 5.70. The first kappa shape index (κ1) is 12.7. The van der Waals surface area contributed by atoms with Crippen molar-refractivity contribution >= 4 is 0 Å². The van der Waals surface area contributed by atoms with E-state index in [2.05, 4.69) is 74.5 Å². The third-order valence-corrected chi connectivity index (χ3v) is 3.45. The molecule has 0 aliphatic carbocycles. The minimum Gasteiger partial charge on any atom is -0.461 e. The second-order valence-corrected chi connectivity index (χ2v) is 5.30. The molecule has 1 heterocycles. The van der Waals surface area contributed by atoms with Gasteiger partial charge in [-0.25, -0.2) is 0 Å². The molecule has 1 heteroatoms. The molecular weight excluding hydrogens is 244 g/mol. The Morgan fingerprint density at radius 1 is 0.700 bits per heavy atom. The molecule has 2 aromatic carbocycles. The van der Waals surface area contributed by atoms with Crippen LogP contribution in [0, 0.1) is 0 Å². The Balaban J connectivity index is 1.99. The van der Waals surface area contributed by atoms with Crippen molar-refractivity contribution in [3.63, 3.8) is 0 Å². The molecular formula is C19H18O. The molecule has 3 aromatic rings. The molecule has 0 saturated heterocycles. The van der Waals surface area contributed by atoms with Gasteiger partial charge in [-0.05, 0) is 29.3 Å². The number of benzene rings is 2. The van der Waals surface area contributed by atoms with Crippen LogP contribution in [0.2, 0.25) is 0 Å². The van der Waals surface area contributed by atoms with Gasteiger partial charge in [-0.15, -0.1) is 0 Å². The summed E-state index contributed by atoms with van der Waals surface area (Å²) < 4.78 is 5.92. The molecule has 1 aromatic heterocycles. The van der Waals surface area contributed by atoms with Crippen molar-refractivity contribution in [1.29, 1.82) is 0 Å². The Bertz CT molecular complexity index is 693. The minimum atomic E-state index is 0.418. The molecule has 0 N–H and O–H groups in total. The van der Waals surface area contributed by atoms with Gasteiger partial charge >= 0.3 is 0 Å². The van der Waals surface area contributed by atoms with Gasteiger partial charge in [0.1, 0.15) is 11.5 Å². The van der Waals surface area contributed by atoms with E-state index in [1.807, 2.05) is 6.07 Å². The molecule has 0 amide bonds. The normalized spacial score (nSPS) is 10.9. The summed E-state index contributed by atoms with van der Waals surface area (Å²) in [6.07, 6.45) is 0. The first-order valence-electron chi connectivity index (χ1n) is 6.99. The van der Waals surface area contributed by atoms with E-state index in [4.69, 9.17) is 4.42 Å². The van der Waals surface area contributed by atoms with Crippen molar-refractivity contribution in [2.45, 2.75) is 19.8 Å². The SMILES string of the molecule is CC(C)c1ccc(-c2cccc(-c3ccccc3)c2)o1. The van der Waals surface area contributed by atoms with E-state index in [9.17, 15) is 0 Å². The predicted octanol–water partition coefficient (Wildman–Crippen LogP) is 5.74. The lowest BCUT2D eigenvalue weighted by molar-refractivity contribution is 0.498. The van der Waals surface area contributed by atoms with Crippen LogP contribution in [0.4, 0.5) is 0 Å². The van der Waals surface area contributed by atoms with E-state index in [1.54, 1.807) is 0 Å². The average molecular weight is 262 g/mol. The van der Waals surface area contributed by atoms with Crippen molar-refractivity contribution in [2.75, 3.05) is 0 Å². The first-order chi connectivity index (χ1) is 9.74. The quantitative estimate of drug-likeness (QED) is 0.587. The second kappa shape index (κ2) is 5.38. The number of hydrogen-bond donors (Lipinski definition) is 0. The van der Waals surface area contributed by atoms with Crippen LogP contribution in [0.25, 0.3) is 22.5 Å². The summed E-state index contributed by atoms with van der Waals surface area (Å²) in [4.78, 5) is 0. The molecule has 3 rings (SSSR count). The van der Waals surface area contributed by atoms with Crippen molar-refractivity contribution < 1.29 is 4.42 Å². The van der Waals surface area contributed by atoms with Gasteiger partial charge < -0.3 is 4.42 Å². The van der Waals surface area contributed by atoms with Gasteiger partial charge in [0, 0.05) is 11.5 Å². The number of rotatable bonds is 3. The van der Waals surface area contributed by atoms with Gasteiger partial charge in [-0.3, -0.25) is 0 Å². The molecule has 20 heavy (non-hydrogen) atoms. The van der Waals surface area contributed by atoms with E-state index in [1.165, 1.54) is 11.1 Å². The maximum atomic E-state index is 5.92. The summed E-state index contributed by atoms with van der Waals surface area (Å²) in [5.74, 6) is 2.39. The fraction of sp³-hybridized carbons (Fsp3) is 0.158. The summed E-state index contributed by atoms with van der Waals surface area (Å²) in [5.41, 5.74) is 3.56. The zero-order valence-electron chi connectivity index (χ0n) is 11.8. The van der Waals surface area contributed by atoms with Gasteiger partial charge in [0.05, 0.1) is 0 Å². The second-order valence-electron chi connectivity index (χ2n) is 5.30. The summed E-state index contributed by atoms with van der Waals surface area (Å²) in [7, 11) is 0. The van der Waals surface area contributed by atoms with Crippen molar-refractivity contribution in [3.05, 3.63) is 72.5 Å². The third-order valence-electron chi connectivity index (χ3n) is 3.45. The molecule has 0 spiro atoms. The van der Waals surface area contributed by atoms with Crippen LogP contribution >= 0.6 is 0 Å². The summed E-state index contributed by atoms with van der Waals surface area (Å²) in [6, 6.07) is 23.0. The van der Waals surface area contributed by atoms with E-state index < -0.39 is 0 Å². The summed E-state index contributed by atoms with van der Waals surface area (Å²) >= 11 is 0. The highest BCUT2D eigenvalue weighted by atomic mass is 16.3. The van der Waals surface area contributed by atoms with Gasteiger partial charge in [0.15, 0.2) is 0 Å². The molecule has 100 valence electrons. The van der Waals surface area contributed by atoms with Gasteiger partial charge in [-0.1, -0.05) is 62.4 Å². The molecule has 0 atom stereocenters. The fourth-order valence-corrected chi connectivity index (χ4v) is 2.30. The Morgan fingerprint density at radius 2 is 1.40 bits per heavy atom. The molecule has 0 aliphatic rings. The monoisotopic (exact) mass is 262 g/mol. The number of hydrogen-bond acceptors (Lipinski definition) is 1. The van der Waals surface area contributed by atoms with E-state index >= 15 is 0 Å². The Morgan fingerprint density at radius 3 is 2.10 bits per heavy atom. The standard InChI is InChI=1S/C19H18O/c1-14(2)18-11-12-19(20-18)17-10-6-9-16(13-17)15-7-4-3-5-8-15/h3-14H,1-2H3. The zero-order chi connectivity index (χ0) is 13.9. The van der Waals surface area contributed by atoms with Crippen LogP contribution in [0.3, 0.4) is 0 Å². The largest absolute Gasteiger partial charge is 0.461 e. The van der Waals surface area contributed by atoms with Crippen LogP contribution in [-0.4, -0.2) is 0 Å². The highest BCUT2D eigenvalue weighted by Gasteiger charge is 2.08. The lowest BCUT2D eigenvalue weighted by atomic mass is 10.0. The molecule has 0 bridgehead atoms. The zero-order valence-corrected chi connectivity index (χ0v) is 11.8. The lowest BCUT2D eigenvalue weighted by Gasteiger charge is -2.04. The van der Waals surface area contributed by atoms with E-state index in [-0.39, 0.29) is 0 Å². The molecule has 1 nitrogen and oxygen atoms in total. The first-order valence-corrected chi connectivity index (χ1v) is 6.99. The van der Waals surface area contributed by atoms with Crippen molar-refractivity contribution in [2.24, 2.45) is 0 Å². The van der Waals surface area contributed by atoms with Crippen LogP contribution in [-0.2, 0) is 0 Å². The van der Waals surface area contributed by atoms with E-state index in [0.29, 0.717) is 5.92 Å².